The number of allylic oxidation sites excluding steroid dienone is 5. The number of rotatable bonds is 0. The van der Waals surface area contributed by atoms with Crippen molar-refractivity contribution in [2.45, 2.75) is 0 Å². The Morgan fingerprint density at radius 2 is 0.944 bits per heavy atom. The van der Waals surface area contributed by atoms with Crippen LogP contribution in [0.25, 0.3) is 0 Å². The predicted molar refractivity (Wildman–Crippen MR) is 71.2 cm³/mol. The highest BCUT2D eigenvalue weighted by Crippen LogP contribution is 1.68. The van der Waals surface area contributed by atoms with Crippen LogP contribution in [-0.2, 0) is 0 Å². The second-order valence-electron chi connectivity index (χ2n) is 2.50. The van der Waals surface area contributed by atoms with Gasteiger partial charge in [-0.1, -0.05) is 46.6 Å². The molecule has 1 heteroatoms. The summed E-state index contributed by atoms with van der Waals surface area (Å²) in [5.74, 6) is 15.9. The average molecular weight is 223 g/mol. The van der Waals surface area contributed by atoms with Crippen LogP contribution in [0, 0.1) is 35.6 Å². The van der Waals surface area contributed by atoms with Gasteiger partial charge in [-0.05, 0) is 11.7 Å². The van der Waals surface area contributed by atoms with Gasteiger partial charge in [0.25, 0.3) is 0 Å². The molecule has 0 saturated heterocycles. The fraction of sp³-hybridized carbons (Fsp3) is 0. The van der Waals surface area contributed by atoms with E-state index in [1.807, 2.05) is 0 Å². The lowest BCUT2D eigenvalue weighted by molar-refractivity contribution is 1.74. The highest BCUT2D eigenvalue weighted by Gasteiger charge is 1.57. The van der Waals surface area contributed by atoms with Crippen molar-refractivity contribution in [2.24, 2.45) is 4.99 Å². The smallest absolute Gasteiger partial charge is 0.0503 e. The largest absolute Gasteiger partial charge is 0.145 e. The second kappa shape index (κ2) is 10.0. The molecule has 1 nitrogen and oxygen atoms in total. The van der Waals surface area contributed by atoms with Crippen LogP contribution < -0.4 is 0 Å². The van der Waals surface area contributed by atoms with Crippen LogP contribution in [0.3, 0.4) is 0 Å². The van der Waals surface area contributed by atoms with Crippen LogP contribution in [-0.4, -0.2) is 5.87 Å². The van der Waals surface area contributed by atoms with Crippen molar-refractivity contribution in [3.8, 4) is 35.6 Å². The van der Waals surface area contributed by atoms with Gasteiger partial charge < -0.3 is 0 Å². The van der Waals surface area contributed by atoms with E-state index in [0.717, 1.165) is 0 Å². The van der Waals surface area contributed by atoms with Crippen LogP contribution in [0.2, 0.25) is 0 Å². The number of nitrogens with zero attached hydrogens (tertiary/aromatic N) is 1. The lowest BCUT2D eigenvalue weighted by Gasteiger charge is -1.60. The van der Waals surface area contributed by atoms with Crippen LogP contribution in [0.5, 0.6) is 0 Å². The quantitative estimate of drug-likeness (QED) is 0.440. The Hall–Kier alpha value is -3.49. The Balaban J connectivity index is 3.14. The molecule has 1 aliphatic rings. The van der Waals surface area contributed by atoms with Gasteiger partial charge in [0.15, 0.2) is 0 Å². The summed E-state index contributed by atoms with van der Waals surface area (Å²) >= 11 is 0. The summed E-state index contributed by atoms with van der Waals surface area (Å²) in [6.07, 6.45) is 7.54. The van der Waals surface area contributed by atoms with Crippen molar-refractivity contribution in [1.29, 1.82) is 0 Å². The monoisotopic (exact) mass is 223 g/mol. The van der Waals surface area contributed by atoms with E-state index in [9.17, 15) is 0 Å². The highest BCUT2D eigenvalue weighted by atomic mass is 14.6. The molecule has 0 fully saturated rings. The van der Waals surface area contributed by atoms with Crippen molar-refractivity contribution in [3.05, 3.63) is 59.0 Å². The molecule has 0 radical (unpaired) electrons. The molecule has 18 heavy (non-hydrogen) atoms. The van der Waals surface area contributed by atoms with E-state index in [2.05, 4.69) is 75.2 Å². The summed E-state index contributed by atoms with van der Waals surface area (Å²) in [4.78, 5) is 3.63. The van der Waals surface area contributed by atoms with Crippen LogP contribution in [0.15, 0.2) is 64.0 Å². The van der Waals surface area contributed by atoms with Crippen molar-refractivity contribution in [3.63, 3.8) is 0 Å². The van der Waals surface area contributed by atoms with Gasteiger partial charge in [0, 0.05) is 30.4 Å². The number of hydrogen-bond donors (Lipinski definition) is 0. The van der Waals surface area contributed by atoms with Gasteiger partial charge >= 0.3 is 0 Å². The molecule has 0 N–H and O–H groups in total. The van der Waals surface area contributed by atoms with E-state index in [1.165, 1.54) is 30.4 Å². The first-order chi connectivity index (χ1) is 9.00. The third-order valence-corrected chi connectivity index (χ3v) is 1.30. The Morgan fingerprint density at radius 1 is 0.500 bits per heavy atom. The lowest BCUT2D eigenvalue weighted by Crippen LogP contribution is -1.51. The average Bonchev–Trinajstić information content (AvgIpc) is 2.39. The molecule has 1 heterocycles. The van der Waals surface area contributed by atoms with Crippen molar-refractivity contribution < 1.29 is 0 Å². The van der Waals surface area contributed by atoms with Gasteiger partial charge in [0.1, 0.15) is 0 Å². The summed E-state index contributed by atoms with van der Waals surface area (Å²) in [6, 6.07) is 2.48. The van der Waals surface area contributed by atoms with E-state index >= 15 is 0 Å². The van der Waals surface area contributed by atoms with Gasteiger partial charge in [-0.3, -0.25) is 0 Å². The first kappa shape index (κ1) is 12.6. The minimum atomic E-state index is 1.48. The topological polar surface area (TPSA) is 12.4 Å². The zero-order valence-electron chi connectivity index (χ0n) is 9.33. The molecule has 0 atom stereocenters. The minimum Gasteiger partial charge on any atom is -0.145 e. The summed E-state index contributed by atoms with van der Waals surface area (Å²) in [7, 11) is 0. The van der Waals surface area contributed by atoms with Crippen LogP contribution >= 0.6 is 0 Å². The summed E-state index contributed by atoms with van der Waals surface area (Å²) in [5.41, 5.74) is 13.4. The fourth-order valence-corrected chi connectivity index (χ4v) is 0.671. The maximum absolute atomic E-state index is 3.63. The SMILES string of the molecule is C1=C=CC#CC=C=C=NC#CC=C=C=CC#CC=1. The van der Waals surface area contributed by atoms with Gasteiger partial charge in [-0.2, -0.15) is 0 Å². The van der Waals surface area contributed by atoms with Crippen LogP contribution in [0.1, 0.15) is 0 Å². The van der Waals surface area contributed by atoms with E-state index in [1.54, 1.807) is 0 Å². The van der Waals surface area contributed by atoms with Gasteiger partial charge in [0.2, 0.25) is 0 Å². The highest BCUT2D eigenvalue weighted by molar-refractivity contribution is 5.53. The minimum absolute atomic E-state index is 1.48. The first-order valence-electron chi connectivity index (χ1n) is 4.83. The Morgan fingerprint density at radius 3 is 1.50 bits per heavy atom. The zero-order valence-corrected chi connectivity index (χ0v) is 9.33. The molecule has 0 spiro atoms. The first-order valence-corrected chi connectivity index (χ1v) is 4.83. The van der Waals surface area contributed by atoms with E-state index in [-0.39, 0.29) is 0 Å². The second-order valence-corrected chi connectivity index (χ2v) is 2.50. The molecule has 1 aliphatic heterocycles. The molecular weight excluding hydrogens is 218 g/mol. The third kappa shape index (κ3) is 7.87. The molecule has 0 aromatic heterocycles. The standard InChI is InChI=1S/C17H5N/c1-2-4-6-8-10-12-14-16-18-17-15-13-11-9-7-5-3-1/h1,6-7,12-13H. The molecule has 0 aliphatic carbocycles. The molecule has 0 saturated carbocycles. The predicted octanol–water partition coefficient (Wildman–Crippen LogP) is 2.08. The molecule has 0 aromatic rings. The van der Waals surface area contributed by atoms with Gasteiger partial charge in [-0.25, -0.2) is 0 Å². The molecular formula is C17H5N. The Kier molecular flexibility index (Phi) is 7.02. The maximum atomic E-state index is 3.63. The van der Waals surface area contributed by atoms with E-state index < -0.39 is 0 Å². The molecule has 0 aromatic carbocycles. The Labute approximate surface area is 106 Å². The lowest BCUT2D eigenvalue weighted by atomic mass is 10.5. The summed E-state index contributed by atoms with van der Waals surface area (Å²) < 4.78 is 0. The van der Waals surface area contributed by atoms with E-state index in [0.29, 0.717) is 0 Å². The number of aliphatic imine (C=N–C) groups is 1. The molecule has 0 unspecified atom stereocenters. The van der Waals surface area contributed by atoms with Gasteiger partial charge in [0.05, 0.1) is 11.9 Å². The summed E-state index contributed by atoms with van der Waals surface area (Å²) in [6.45, 7) is 0. The summed E-state index contributed by atoms with van der Waals surface area (Å²) in [5, 5.41) is 0. The van der Waals surface area contributed by atoms with Crippen molar-refractivity contribution in [1.82, 2.24) is 0 Å². The molecule has 78 valence electrons. The molecule has 1 rings (SSSR count). The fourth-order valence-electron chi connectivity index (χ4n) is 0.671. The van der Waals surface area contributed by atoms with Crippen molar-refractivity contribution in [2.75, 3.05) is 0 Å². The Bertz CT molecular complexity index is 617. The zero-order chi connectivity index (χ0) is 12.7. The third-order valence-electron chi connectivity index (χ3n) is 1.30. The number of hydrogen-bond acceptors (Lipinski definition) is 1. The normalized spacial score (nSPS) is 10.7. The van der Waals surface area contributed by atoms with E-state index in [4.69, 9.17) is 0 Å². The van der Waals surface area contributed by atoms with Crippen LogP contribution in [0.4, 0.5) is 0 Å². The maximum Gasteiger partial charge on any atom is 0.0503 e. The van der Waals surface area contributed by atoms with Gasteiger partial charge in [-0.15, -0.1) is 4.99 Å². The van der Waals surface area contributed by atoms with Crippen molar-refractivity contribution >= 4 is 5.87 Å². The molecule has 0 bridgehead atoms. The molecule has 0 amide bonds.